The second-order valence-corrected chi connectivity index (χ2v) is 16.1. The van der Waals surface area contributed by atoms with Gasteiger partial charge in [0.2, 0.25) is 0 Å². The zero-order chi connectivity index (χ0) is 42.7. The van der Waals surface area contributed by atoms with Crippen LogP contribution < -0.4 is 0 Å². The molecule has 8 aromatic rings. The lowest BCUT2D eigenvalue weighted by Gasteiger charge is -2.22. The van der Waals surface area contributed by atoms with Crippen LogP contribution in [-0.2, 0) is 5.41 Å². The van der Waals surface area contributed by atoms with Crippen molar-refractivity contribution in [2.45, 2.75) is 66.6 Å². The lowest BCUT2D eigenvalue weighted by Crippen LogP contribution is -2.11. The number of hydrogen-bond acceptors (Lipinski definition) is 3. The third kappa shape index (κ3) is 6.92. The number of para-hydroxylation sites is 1. The summed E-state index contributed by atoms with van der Waals surface area (Å²) < 4.78 is 34.8. The fourth-order valence-electron chi connectivity index (χ4n) is 7.65. The van der Waals surface area contributed by atoms with E-state index in [1.54, 1.807) is 18.3 Å². The van der Waals surface area contributed by atoms with Crippen LogP contribution >= 0.6 is 0 Å². The Bertz CT molecular complexity index is 2900. The molecule has 0 saturated heterocycles. The number of rotatable bonds is 7. The maximum Gasteiger partial charge on any atom is 0.149 e. The fourth-order valence-corrected chi connectivity index (χ4v) is 7.65. The number of phenols is 1. The Kier molecular flexibility index (Phi) is 8.25. The van der Waals surface area contributed by atoms with Crippen LogP contribution in [0.5, 0.6) is 5.75 Å². The molecule has 0 spiro atoms. The molecule has 0 bridgehead atoms. The highest BCUT2D eigenvalue weighted by atomic mass is 16.3. The predicted molar refractivity (Wildman–Crippen MR) is 235 cm³/mol. The van der Waals surface area contributed by atoms with Gasteiger partial charge in [0.25, 0.3) is 0 Å². The highest BCUT2D eigenvalue weighted by Gasteiger charge is 2.24. The van der Waals surface area contributed by atoms with Crippen molar-refractivity contribution in [1.82, 2.24) is 14.5 Å². The van der Waals surface area contributed by atoms with Gasteiger partial charge in [-0.2, -0.15) is 0 Å². The van der Waals surface area contributed by atoms with Gasteiger partial charge in [-0.3, -0.25) is 9.55 Å². The van der Waals surface area contributed by atoms with Crippen molar-refractivity contribution in [3.8, 4) is 67.5 Å². The summed E-state index contributed by atoms with van der Waals surface area (Å²) in [4.78, 5) is 10.3. The number of fused-ring (bicyclic) bond motifs is 1. The van der Waals surface area contributed by atoms with Gasteiger partial charge in [0, 0.05) is 28.5 Å². The molecular weight excluding hydrogens is 683 g/mol. The Morgan fingerprint density at radius 3 is 2.16 bits per heavy atom. The normalized spacial score (nSPS) is 13.3. The average molecular weight is 736 g/mol. The summed E-state index contributed by atoms with van der Waals surface area (Å²) in [6.07, 6.45) is 1.80. The minimum Gasteiger partial charge on any atom is -0.507 e. The summed E-state index contributed by atoms with van der Waals surface area (Å²) in [5.74, 6) is -0.132. The molecule has 8 rings (SSSR count). The molecule has 0 saturated carbocycles. The second kappa shape index (κ2) is 14.4. The van der Waals surface area contributed by atoms with Crippen molar-refractivity contribution in [3.05, 3.63) is 167 Å². The van der Waals surface area contributed by atoms with E-state index >= 15 is 0 Å². The van der Waals surface area contributed by atoms with E-state index in [4.69, 9.17) is 14.1 Å². The molecule has 6 aromatic carbocycles. The number of benzene rings is 6. The third-order valence-corrected chi connectivity index (χ3v) is 10.6. The van der Waals surface area contributed by atoms with Crippen molar-refractivity contribution in [1.29, 1.82) is 0 Å². The topological polar surface area (TPSA) is 50.9 Å². The number of aryl methyl sites for hydroxylation is 3. The summed E-state index contributed by atoms with van der Waals surface area (Å²) in [5, 5.41) is 11.7. The number of nitrogens with zero attached hydrogens (tertiary/aromatic N) is 3. The maximum absolute atomic E-state index is 11.7. The molecule has 0 aliphatic rings. The monoisotopic (exact) mass is 735 g/mol. The highest BCUT2D eigenvalue weighted by Crippen LogP contribution is 2.42. The summed E-state index contributed by atoms with van der Waals surface area (Å²) >= 11 is 0. The Morgan fingerprint density at radius 2 is 1.43 bits per heavy atom. The summed E-state index contributed by atoms with van der Waals surface area (Å²) in [6, 6.07) is 44.3. The Hall–Kier alpha value is -6.26. The van der Waals surface area contributed by atoms with Crippen LogP contribution in [0.2, 0.25) is 0 Å². The smallest absolute Gasteiger partial charge is 0.149 e. The van der Waals surface area contributed by atoms with Gasteiger partial charge in [-0.05, 0) is 131 Å². The van der Waals surface area contributed by atoms with Crippen LogP contribution in [0.3, 0.4) is 0 Å². The number of pyridine rings is 1. The molecule has 56 heavy (non-hydrogen) atoms. The summed E-state index contributed by atoms with van der Waals surface area (Å²) in [6.45, 7) is 12.2. The van der Waals surface area contributed by atoms with E-state index in [1.165, 1.54) is 0 Å². The second-order valence-electron chi connectivity index (χ2n) is 16.1. The Labute approximate surface area is 336 Å². The number of imidazole rings is 1. The summed E-state index contributed by atoms with van der Waals surface area (Å²) in [7, 11) is 0. The van der Waals surface area contributed by atoms with Gasteiger partial charge in [-0.25, -0.2) is 4.98 Å². The standard InChI is InChI=1S/C52H49N3O/c1-32(2)45-31-42(21-22-43(45)37-13-10-9-11-14-37)55-48-16-12-15-44(49(48)54-51(55)46-26-34(4)25-35(5)50(46)56)39-27-40(29-41(28-39)52(6,7)8)47-30-38(23-24-53-47)36-19-17-33(3)18-20-36/h9-32,56H,1-8H3/i3D3,32D. The molecule has 0 atom stereocenters. The number of hydrogen-bond donors (Lipinski definition) is 1. The molecule has 1 N–H and O–H groups in total. The van der Waals surface area contributed by atoms with Crippen LogP contribution in [0, 0.1) is 20.7 Å². The van der Waals surface area contributed by atoms with Crippen LogP contribution in [0.1, 0.15) is 73.8 Å². The number of aromatic nitrogens is 3. The molecule has 0 amide bonds. The third-order valence-electron chi connectivity index (χ3n) is 10.6. The van der Waals surface area contributed by atoms with E-state index in [-0.39, 0.29) is 11.2 Å². The van der Waals surface area contributed by atoms with Gasteiger partial charge in [0.15, 0.2) is 0 Å². The van der Waals surface area contributed by atoms with E-state index < -0.39 is 12.7 Å². The van der Waals surface area contributed by atoms with E-state index in [9.17, 15) is 6.48 Å². The molecule has 0 aliphatic heterocycles. The van der Waals surface area contributed by atoms with Crippen LogP contribution in [0.15, 0.2) is 140 Å². The lowest BCUT2D eigenvalue weighted by molar-refractivity contribution is 0.472. The maximum atomic E-state index is 11.7. The highest BCUT2D eigenvalue weighted by molar-refractivity contribution is 5.97. The first-order valence-electron chi connectivity index (χ1n) is 21.1. The number of phenolic OH excluding ortho intramolecular Hbond substituents is 1. The van der Waals surface area contributed by atoms with Crippen molar-refractivity contribution in [3.63, 3.8) is 0 Å². The Balaban J connectivity index is 1.35. The Morgan fingerprint density at radius 1 is 0.661 bits per heavy atom. The molecular formula is C52H49N3O. The van der Waals surface area contributed by atoms with Gasteiger partial charge in [-0.15, -0.1) is 0 Å². The molecule has 0 fully saturated rings. The van der Waals surface area contributed by atoms with Gasteiger partial charge in [-0.1, -0.05) is 125 Å². The first-order chi connectivity index (χ1) is 28.4. The van der Waals surface area contributed by atoms with Crippen molar-refractivity contribution in [2.24, 2.45) is 0 Å². The first kappa shape index (κ1) is 32.0. The minimum atomic E-state index is -2.17. The molecule has 278 valence electrons. The van der Waals surface area contributed by atoms with Crippen LogP contribution in [-0.4, -0.2) is 19.6 Å². The predicted octanol–water partition coefficient (Wildman–Crippen LogP) is 13.8. The molecule has 0 unspecified atom stereocenters. The van der Waals surface area contributed by atoms with Gasteiger partial charge in [0.1, 0.15) is 11.6 Å². The van der Waals surface area contributed by atoms with E-state index in [0.717, 1.165) is 83.6 Å². The molecule has 4 heteroatoms. The van der Waals surface area contributed by atoms with E-state index in [0.29, 0.717) is 17.0 Å². The van der Waals surface area contributed by atoms with Crippen molar-refractivity contribution in [2.75, 3.05) is 0 Å². The zero-order valence-electron chi connectivity index (χ0n) is 37.1. The molecule has 0 radical (unpaired) electrons. The first-order valence-corrected chi connectivity index (χ1v) is 19.1. The van der Waals surface area contributed by atoms with Crippen molar-refractivity contribution >= 4 is 11.0 Å². The van der Waals surface area contributed by atoms with Crippen LogP contribution in [0.25, 0.3) is 72.7 Å². The van der Waals surface area contributed by atoms with Gasteiger partial charge < -0.3 is 5.11 Å². The molecule has 2 heterocycles. The van der Waals surface area contributed by atoms with E-state index in [2.05, 4.69) is 98.1 Å². The number of aromatic hydroxyl groups is 1. The quantitative estimate of drug-likeness (QED) is 0.177. The van der Waals surface area contributed by atoms with Crippen LogP contribution in [0.4, 0.5) is 0 Å². The fraction of sp³-hybridized carbons (Fsp3) is 0.192. The lowest BCUT2D eigenvalue weighted by atomic mass is 9.83. The van der Waals surface area contributed by atoms with Gasteiger partial charge in [0.05, 0.1) is 22.3 Å². The molecule has 0 aliphatic carbocycles. The zero-order valence-corrected chi connectivity index (χ0v) is 33.1. The average Bonchev–Trinajstić information content (AvgIpc) is 3.61. The SMILES string of the molecule is [2H]C([2H])([2H])c1ccc(-c2ccnc(-c3cc(-c4cccc5c4nc(-c4cc(C)cc(C)c4O)n5-c4ccc(-c5ccccc5)c(C([2H])(C)C)c4)cc(C(C)(C)C)c3)c2)cc1. The molecule has 4 nitrogen and oxygen atoms in total. The van der Waals surface area contributed by atoms with Gasteiger partial charge >= 0.3 is 0 Å². The molecule has 2 aromatic heterocycles. The van der Waals surface area contributed by atoms with Crippen molar-refractivity contribution < 1.29 is 10.6 Å². The van der Waals surface area contributed by atoms with E-state index in [1.807, 2.05) is 76.2 Å². The minimum absolute atomic E-state index is 0.177. The largest absolute Gasteiger partial charge is 0.507 e. The summed E-state index contributed by atoms with van der Waals surface area (Å²) in [5.41, 5.74) is 14.5.